The highest BCUT2D eigenvalue weighted by molar-refractivity contribution is 9.10. The van der Waals surface area contributed by atoms with E-state index in [1.165, 1.54) is 31.2 Å². The van der Waals surface area contributed by atoms with Crippen LogP contribution in [0.5, 0.6) is 0 Å². The summed E-state index contributed by atoms with van der Waals surface area (Å²) in [5.74, 6) is -0.134. The minimum atomic E-state index is -3.74. The highest BCUT2D eigenvalue weighted by Crippen LogP contribution is 2.26. The molecule has 0 bridgehead atoms. The summed E-state index contributed by atoms with van der Waals surface area (Å²) < 4.78 is 27.5. The fraction of sp³-hybridized carbons (Fsp3) is 0.0714. The zero-order valence-electron chi connectivity index (χ0n) is 10.9. The van der Waals surface area contributed by atoms with Crippen molar-refractivity contribution in [2.75, 3.05) is 4.72 Å². The molecule has 0 aliphatic carbocycles. The van der Waals surface area contributed by atoms with Crippen LogP contribution in [0.2, 0.25) is 5.02 Å². The third kappa shape index (κ3) is 3.84. The molecular formula is C14H11BrClNO3S. The maximum absolute atomic E-state index is 12.3. The van der Waals surface area contributed by atoms with Gasteiger partial charge in [0, 0.05) is 15.7 Å². The van der Waals surface area contributed by atoms with Crippen LogP contribution in [0.15, 0.2) is 51.8 Å². The van der Waals surface area contributed by atoms with E-state index in [4.69, 9.17) is 11.6 Å². The highest BCUT2D eigenvalue weighted by atomic mass is 79.9. The van der Waals surface area contributed by atoms with E-state index < -0.39 is 10.0 Å². The van der Waals surface area contributed by atoms with Gasteiger partial charge in [0.25, 0.3) is 10.0 Å². The average Bonchev–Trinajstić information content (AvgIpc) is 2.41. The molecule has 1 N–H and O–H groups in total. The van der Waals surface area contributed by atoms with E-state index in [0.29, 0.717) is 20.7 Å². The van der Waals surface area contributed by atoms with Gasteiger partial charge in [0.15, 0.2) is 5.78 Å². The van der Waals surface area contributed by atoms with E-state index in [2.05, 4.69) is 20.7 Å². The van der Waals surface area contributed by atoms with Crippen LogP contribution in [0, 0.1) is 0 Å². The maximum atomic E-state index is 12.3. The summed E-state index contributed by atoms with van der Waals surface area (Å²) in [5.41, 5.74) is 0.765. The van der Waals surface area contributed by atoms with E-state index in [9.17, 15) is 13.2 Å². The normalized spacial score (nSPS) is 11.2. The Hall–Kier alpha value is -1.37. The smallest absolute Gasteiger partial charge is 0.261 e. The Labute approximate surface area is 136 Å². The van der Waals surface area contributed by atoms with E-state index in [1.54, 1.807) is 18.2 Å². The van der Waals surface area contributed by atoms with Crippen LogP contribution in [-0.4, -0.2) is 14.2 Å². The molecule has 2 rings (SSSR count). The lowest BCUT2D eigenvalue weighted by atomic mass is 10.1. The number of rotatable bonds is 4. The molecule has 0 unspecified atom stereocenters. The van der Waals surface area contributed by atoms with Gasteiger partial charge in [0.05, 0.1) is 9.92 Å². The first-order chi connectivity index (χ1) is 9.79. The molecule has 0 aliphatic rings. The predicted molar refractivity (Wildman–Crippen MR) is 86.4 cm³/mol. The number of sulfonamides is 1. The zero-order chi connectivity index (χ0) is 15.6. The minimum Gasteiger partial charge on any atom is -0.295 e. The summed E-state index contributed by atoms with van der Waals surface area (Å²) in [6, 6.07) is 10.6. The van der Waals surface area contributed by atoms with Crippen LogP contribution in [-0.2, 0) is 10.0 Å². The van der Waals surface area contributed by atoms with Crippen molar-refractivity contribution < 1.29 is 13.2 Å². The van der Waals surface area contributed by atoms with Crippen molar-refractivity contribution in [1.82, 2.24) is 0 Å². The van der Waals surface area contributed by atoms with E-state index >= 15 is 0 Å². The molecule has 0 radical (unpaired) electrons. The van der Waals surface area contributed by atoms with Crippen molar-refractivity contribution in [1.29, 1.82) is 0 Å². The summed E-state index contributed by atoms with van der Waals surface area (Å²) in [5, 5.41) is 0.424. The molecule has 21 heavy (non-hydrogen) atoms. The Balaban J connectivity index is 2.35. The van der Waals surface area contributed by atoms with Crippen LogP contribution in [0.1, 0.15) is 17.3 Å². The number of hydrogen-bond donors (Lipinski definition) is 1. The summed E-state index contributed by atoms with van der Waals surface area (Å²) in [6.45, 7) is 1.42. The van der Waals surface area contributed by atoms with Crippen molar-refractivity contribution in [3.05, 3.63) is 57.5 Å². The number of halogens is 2. The predicted octanol–water partition coefficient (Wildman–Crippen LogP) is 4.11. The first-order valence-corrected chi connectivity index (χ1v) is 8.54. The van der Waals surface area contributed by atoms with Gasteiger partial charge in [-0.05, 0) is 53.2 Å². The van der Waals surface area contributed by atoms with Gasteiger partial charge >= 0.3 is 0 Å². The summed E-state index contributed by atoms with van der Waals surface area (Å²) in [6.07, 6.45) is 0. The maximum Gasteiger partial charge on any atom is 0.261 e. The van der Waals surface area contributed by atoms with Gasteiger partial charge < -0.3 is 0 Å². The largest absolute Gasteiger partial charge is 0.295 e. The molecule has 0 heterocycles. The molecule has 0 aromatic heterocycles. The van der Waals surface area contributed by atoms with Gasteiger partial charge in [-0.2, -0.15) is 0 Å². The molecule has 0 spiro atoms. The summed E-state index contributed by atoms with van der Waals surface area (Å²) in [7, 11) is -3.74. The van der Waals surface area contributed by atoms with Crippen LogP contribution >= 0.6 is 27.5 Å². The van der Waals surface area contributed by atoms with Crippen molar-refractivity contribution in [2.24, 2.45) is 0 Å². The first kappa shape index (κ1) is 16.0. The van der Waals surface area contributed by atoms with Crippen molar-refractivity contribution in [3.63, 3.8) is 0 Å². The average molecular weight is 389 g/mol. The second kappa shape index (κ2) is 6.17. The Morgan fingerprint density at radius 1 is 1.19 bits per heavy atom. The Kier molecular flexibility index (Phi) is 4.70. The lowest BCUT2D eigenvalue weighted by molar-refractivity contribution is 0.101. The van der Waals surface area contributed by atoms with Crippen LogP contribution < -0.4 is 4.72 Å². The second-order valence-corrected chi connectivity index (χ2v) is 7.26. The summed E-state index contributed by atoms with van der Waals surface area (Å²) in [4.78, 5) is 11.4. The molecular weight excluding hydrogens is 378 g/mol. The lowest BCUT2D eigenvalue weighted by Crippen LogP contribution is -2.13. The lowest BCUT2D eigenvalue weighted by Gasteiger charge is -2.09. The SMILES string of the molecule is CC(=O)c1cccc(NS(=O)(=O)c2ccc(Cl)c(Br)c2)c1. The fourth-order valence-corrected chi connectivity index (χ4v) is 3.38. The third-order valence-corrected chi connectivity index (χ3v) is 5.32. The van der Waals surface area contributed by atoms with E-state index in [1.807, 2.05) is 0 Å². The van der Waals surface area contributed by atoms with Crippen molar-refractivity contribution in [2.45, 2.75) is 11.8 Å². The second-order valence-electron chi connectivity index (χ2n) is 4.32. The van der Waals surface area contributed by atoms with E-state index in [-0.39, 0.29) is 10.7 Å². The quantitative estimate of drug-likeness (QED) is 0.802. The van der Waals surface area contributed by atoms with Gasteiger partial charge in [-0.15, -0.1) is 0 Å². The van der Waals surface area contributed by atoms with Crippen molar-refractivity contribution >= 4 is 49.0 Å². The number of ketones is 1. The monoisotopic (exact) mass is 387 g/mol. The number of hydrogen-bond acceptors (Lipinski definition) is 3. The standard InChI is InChI=1S/C14H11BrClNO3S/c1-9(18)10-3-2-4-11(7-10)17-21(19,20)12-5-6-14(16)13(15)8-12/h2-8,17H,1H3. The molecule has 0 aliphatic heterocycles. The van der Waals surface area contributed by atoms with Crippen LogP contribution in [0.4, 0.5) is 5.69 Å². The molecule has 110 valence electrons. The molecule has 0 fully saturated rings. The molecule has 0 saturated carbocycles. The van der Waals surface area contributed by atoms with Gasteiger partial charge in [0.1, 0.15) is 0 Å². The van der Waals surface area contributed by atoms with Crippen LogP contribution in [0.25, 0.3) is 0 Å². The van der Waals surface area contributed by atoms with E-state index in [0.717, 1.165) is 0 Å². The summed E-state index contributed by atoms with van der Waals surface area (Å²) >= 11 is 9.03. The Morgan fingerprint density at radius 3 is 2.52 bits per heavy atom. The van der Waals surface area contributed by atoms with Crippen molar-refractivity contribution in [3.8, 4) is 0 Å². The van der Waals surface area contributed by atoms with Gasteiger partial charge in [-0.3, -0.25) is 9.52 Å². The Bertz CT molecular complexity index is 806. The number of nitrogens with one attached hydrogen (secondary N) is 1. The number of benzene rings is 2. The molecule has 4 nitrogen and oxygen atoms in total. The molecule has 0 amide bonds. The Morgan fingerprint density at radius 2 is 1.90 bits per heavy atom. The molecule has 7 heteroatoms. The number of carbonyl (C=O) groups excluding carboxylic acids is 1. The highest BCUT2D eigenvalue weighted by Gasteiger charge is 2.16. The molecule has 0 atom stereocenters. The number of carbonyl (C=O) groups is 1. The molecule has 2 aromatic rings. The topological polar surface area (TPSA) is 63.2 Å². The van der Waals surface area contributed by atoms with Crippen LogP contribution in [0.3, 0.4) is 0 Å². The molecule has 2 aromatic carbocycles. The van der Waals surface area contributed by atoms with Gasteiger partial charge in [0.2, 0.25) is 0 Å². The minimum absolute atomic E-state index is 0.0759. The number of anilines is 1. The van der Waals surface area contributed by atoms with Gasteiger partial charge in [-0.25, -0.2) is 8.42 Å². The number of Topliss-reactive ketones (excluding diaryl/α,β-unsaturated/α-hetero) is 1. The van der Waals surface area contributed by atoms with Gasteiger partial charge in [-0.1, -0.05) is 23.7 Å². The molecule has 0 saturated heterocycles. The zero-order valence-corrected chi connectivity index (χ0v) is 14.1. The fourth-order valence-electron chi connectivity index (χ4n) is 1.66. The first-order valence-electron chi connectivity index (χ1n) is 5.88. The third-order valence-electron chi connectivity index (χ3n) is 2.72.